The van der Waals surface area contributed by atoms with Crippen molar-refractivity contribution in [2.75, 3.05) is 13.1 Å². The standard InChI is InChI=1S/C43H55N9O8/c1-24(2)18-34-43(59)52-23-29(53)21-35(52)42(58)44-17-8-7-14-32(47-36(54)15-16-37-50-38(51-60-37)27-11-9-10-25(3)19-27)40(56)46-26(4)39(55)48-33(41(57)49-34)20-28-22-45-31-13-6-5-12-30(28)31/h5-6,9-13,19,22,24,26,29,32-35,45,53H,7-8,14-18,20-21,23H2,1-4H3,(H,44,58)(H,46,56)(H,47,54)(H,48,55)(H,49,57)/t26-,29-,32+,33+,34-,35+/m1/s1. The largest absolute Gasteiger partial charge is 0.391 e. The maximum Gasteiger partial charge on any atom is 0.245 e. The molecule has 0 saturated carbocycles. The Labute approximate surface area is 348 Å². The number of rotatable bonds is 9. The zero-order valence-electron chi connectivity index (χ0n) is 34.5. The first kappa shape index (κ1) is 43.5. The summed E-state index contributed by atoms with van der Waals surface area (Å²) in [6.07, 6.45) is 2.20. The molecule has 2 saturated heterocycles. The average Bonchev–Trinajstić information content (AvgIpc) is 3.97. The Bertz CT molecular complexity index is 2180. The molecular formula is C43H55N9O8. The van der Waals surface area contributed by atoms with Crippen molar-refractivity contribution in [3.05, 3.63) is 71.7 Å². The Morgan fingerprint density at radius 2 is 1.75 bits per heavy atom. The molecular weight excluding hydrogens is 771 g/mol. The van der Waals surface area contributed by atoms with Crippen LogP contribution in [0.2, 0.25) is 0 Å². The van der Waals surface area contributed by atoms with Crippen LogP contribution in [0.5, 0.6) is 0 Å². The maximum atomic E-state index is 14.2. The highest BCUT2D eigenvalue weighted by Crippen LogP contribution is 2.23. The summed E-state index contributed by atoms with van der Waals surface area (Å²) in [6, 6.07) is 9.75. The lowest BCUT2D eigenvalue weighted by molar-refractivity contribution is -0.142. The number of carbonyl (C=O) groups excluding carboxylic acids is 6. The van der Waals surface area contributed by atoms with Gasteiger partial charge < -0.3 is 46.1 Å². The number of aliphatic hydroxyl groups excluding tert-OH is 1. The highest BCUT2D eigenvalue weighted by molar-refractivity contribution is 5.97. The molecule has 4 heterocycles. The topological polar surface area (TPSA) is 241 Å². The molecule has 2 aliphatic rings. The average molecular weight is 826 g/mol. The molecule has 2 aromatic carbocycles. The van der Waals surface area contributed by atoms with Crippen LogP contribution in [-0.4, -0.2) is 110 Å². The molecule has 2 aromatic heterocycles. The molecule has 6 amide bonds. The normalized spacial score (nSPS) is 23.8. The highest BCUT2D eigenvalue weighted by Gasteiger charge is 2.42. The lowest BCUT2D eigenvalue weighted by Crippen LogP contribution is -2.59. The van der Waals surface area contributed by atoms with E-state index in [0.717, 1.165) is 27.6 Å². The summed E-state index contributed by atoms with van der Waals surface area (Å²) in [6.45, 7) is 7.36. The molecule has 6 rings (SSSR count). The summed E-state index contributed by atoms with van der Waals surface area (Å²) in [4.78, 5) is 91.6. The van der Waals surface area contributed by atoms with E-state index >= 15 is 0 Å². The fourth-order valence-corrected chi connectivity index (χ4v) is 7.69. The summed E-state index contributed by atoms with van der Waals surface area (Å²) in [5, 5.41) is 29.5. The van der Waals surface area contributed by atoms with E-state index in [1.54, 1.807) is 6.20 Å². The van der Waals surface area contributed by atoms with Gasteiger partial charge in [0.05, 0.1) is 6.10 Å². The fraction of sp³-hybridized carbons (Fsp3) is 0.488. The van der Waals surface area contributed by atoms with Crippen LogP contribution in [0, 0.1) is 12.8 Å². The van der Waals surface area contributed by atoms with E-state index in [9.17, 15) is 33.9 Å². The van der Waals surface area contributed by atoms with Gasteiger partial charge >= 0.3 is 0 Å². The lowest BCUT2D eigenvalue weighted by atomic mass is 10.00. The number of nitrogens with zero attached hydrogens (tertiary/aromatic N) is 3. The van der Waals surface area contributed by atoms with Crippen LogP contribution in [0.1, 0.15) is 76.3 Å². The van der Waals surface area contributed by atoms with E-state index in [4.69, 9.17) is 4.52 Å². The number of fused-ring (bicyclic) bond motifs is 2. The minimum Gasteiger partial charge on any atom is -0.391 e. The molecule has 0 aliphatic carbocycles. The van der Waals surface area contributed by atoms with Crippen molar-refractivity contribution < 1.29 is 38.4 Å². The second-order valence-corrected chi connectivity index (χ2v) is 16.2. The molecule has 320 valence electrons. The minimum absolute atomic E-state index is 0.0299. The van der Waals surface area contributed by atoms with Crippen molar-refractivity contribution >= 4 is 46.3 Å². The number of para-hydroxylation sites is 1. The van der Waals surface area contributed by atoms with E-state index in [0.29, 0.717) is 18.7 Å². The number of hydrogen-bond donors (Lipinski definition) is 7. The van der Waals surface area contributed by atoms with Gasteiger partial charge in [-0.3, -0.25) is 28.8 Å². The Morgan fingerprint density at radius 3 is 2.53 bits per heavy atom. The molecule has 17 heteroatoms. The maximum absolute atomic E-state index is 14.2. The summed E-state index contributed by atoms with van der Waals surface area (Å²) in [5.74, 6) is -2.70. The third-order valence-corrected chi connectivity index (χ3v) is 10.9. The zero-order chi connectivity index (χ0) is 42.9. The number of aromatic nitrogens is 3. The van der Waals surface area contributed by atoms with Crippen molar-refractivity contribution in [2.45, 2.75) is 115 Å². The first-order valence-electron chi connectivity index (χ1n) is 20.7. The Kier molecular flexibility index (Phi) is 14.3. The quantitative estimate of drug-likeness (QED) is 0.130. The van der Waals surface area contributed by atoms with Crippen LogP contribution in [0.4, 0.5) is 0 Å². The molecule has 0 bridgehead atoms. The fourth-order valence-electron chi connectivity index (χ4n) is 7.69. The van der Waals surface area contributed by atoms with Crippen LogP contribution in [0.25, 0.3) is 22.3 Å². The molecule has 17 nitrogen and oxygen atoms in total. The van der Waals surface area contributed by atoms with Crippen molar-refractivity contribution in [2.24, 2.45) is 5.92 Å². The summed E-state index contributed by atoms with van der Waals surface area (Å²) in [5.41, 5.74) is 3.38. The highest BCUT2D eigenvalue weighted by atomic mass is 16.5. The Balaban J connectivity index is 1.21. The molecule has 2 aliphatic heterocycles. The zero-order valence-corrected chi connectivity index (χ0v) is 34.5. The molecule has 7 N–H and O–H groups in total. The molecule has 4 aromatic rings. The third kappa shape index (κ3) is 11.1. The molecule has 0 radical (unpaired) electrons. The Morgan fingerprint density at radius 1 is 0.967 bits per heavy atom. The van der Waals surface area contributed by atoms with Gasteiger partial charge in [0.2, 0.25) is 47.2 Å². The second kappa shape index (κ2) is 19.8. The van der Waals surface area contributed by atoms with Crippen LogP contribution in [-0.2, 0) is 41.6 Å². The molecule has 2 fully saturated rings. The van der Waals surface area contributed by atoms with Gasteiger partial charge in [-0.15, -0.1) is 0 Å². The van der Waals surface area contributed by atoms with Crippen LogP contribution < -0.4 is 26.6 Å². The number of H-pyrrole nitrogens is 1. The van der Waals surface area contributed by atoms with Crippen LogP contribution in [0.3, 0.4) is 0 Å². The first-order chi connectivity index (χ1) is 28.7. The summed E-state index contributed by atoms with van der Waals surface area (Å²) < 4.78 is 5.38. The van der Waals surface area contributed by atoms with Crippen LogP contribution in [0.15, 0.2) is 59.3 Å². The smallest absolute Gasteiger partial charge is 0.245 e. The van der Waals surface area contributed by atoms with E-state index in [2.05, 4.69) is 41.7 Å². The predicted molar refractivity (Wildman–Crippen MR) is 221 cm³/mol. The number of aromatic amines is 1. The number of amides is 6. The first-order valence-corrected chi connectivity index (χ1v) is 20.7. The van der Waals surface area contributed by atoms with Gasteiger partial charge in [-0.05, 0) is 63.1 Å². The third-order valence-electron chi connectivity index (χ3n) is 10.9. The number of nitrogens with one attached hydrogen (secondary N) is 6. The van der Waals surface area contributed by atoms with Crippen molar-refractivity contribution in [3.63, 3.8) is 0 Å². The monoisotopic (exact) mass is 825 g/mol. The summed E-state index contributed by atoms with van der Waals surface area (Å²) in [7, 11) is 0. The van der Waals surface area contributed by atoms with Gasteiger partial charge in [0, 0.05) is 61.4 Å². The number of aliphatic hydroxyl groups is 1. The van der Waals surface area contributed by atoms with Crippen molar-refractivity contribution in [3.8, 4) is 11.4 Å². The Hall–Kier alpha value is -6.10. The van der Waals surface area contributed by atoms with Crippen LogP contribution >= 0.6 is 0 Å². The van der Waals surface area contributed by atoms with E-state index in [1.165, 1.54) is 11.8 Å². The van der Waals surface area contributed by atoms with Gasteiger partial charge in [0.25, 0.3) is 0 Å². The SMILES string of the molecule is Cc1cccc(-c2noc(CCC(=O)N[C@H]3CCCCNC(=O)[C@@H]4C[C@@H](O)CN4C(=O)[C@@H](CC(C)C)NC(=O)[C@H](Cc4c[nH]c5ccccc45)NC(=O)[C@@H](C)NC3=O)n2)c1. The van der Waals surface area contributed by atoms with Gasteiger partial charge in [-0.1, -0.05) is 61.0 Å². The van der Waals surface area contributed by atoms with E-state index in [-0.39, 0.29) is 63.4 Å². The van der Waals surface area contributed by atoms with E-state index < -0.39 is 71.8 Å². The number of carbonyl (C=O) groups is 6. The summed E-state index contributed by atoms with van der Waals surface area (Å²) >= 11 is 0. The second-order valence-electron chi connectivity index (χ2n) is 16.2. The number of aryl methyl sites for hydroxylation is 2. The van der Waals surface area contributed by atoms with Gasteiger partial charge in [-0.2, -0.15) is 4.98 Å². The van der Waals surface area contributed by atoms with Gasteiger partial charge in [-0.25, -0.2) is 0 Å². The van der Waals surface area contributed by atoms with E-state index in [1.807, 2.05) is 69.3 Å². The van der Waals surface area contributed by atoms with Crippen molar-refractivity contribution in [1.82, 2.24) is 46.6 Å². The van der Waals surface area contributed by atoms with Crippen molar-refractivity contribution in [1.29, 1.82) is 0 Å². The van der Waals surface area contributed by atoms with Gasteiger partial charge in [0.1, 0.15) is 30.2 Å². The molecule has 60 heavy (non-hydrogen) atoms. The lowest BCUT2D eigenvalue weighted by Gasteiger charge is -2.30. The number of benzene rings is 2. The van der Waals surface area contributed by atoms with Gasteiger partial charge in [0.15, 0.2) is 0 Å². The minimum atomic E-state index is -1.18. The number of hydrogen-bond acceptors (Lipinski definition) is 10. The molecule has 0 spiro atoms. The molecule has 6 atom stereocenters. The molecule has 0 unspecified atom stereocenters. The predicted octanol–water partition coefficient (Wildman–Crippen LogP) is 1.97.